The molecule has 150 valence electrons. The van der Waals surface area contributed by atoms with E-state index in [1.807, 2.05) is 14.2 Å². The van der Waals surface area contributed by atoms with Gasteiger partial charge in [0.2, 0.25) is 0 Å². The van der Waals surface area contributed by atoms with Crippen LogP contribution in [0.3, 0.4) is 0 Å². The van der Waals surface area contributed by atoms with E-state index in [1.165, 1.54) is 19.3 Å². The van der Waals surface area contributed by atoms with Gasteiger partial charge in [-0.2, -0.15) is 0 Å². The summed E-state index contributed by atoms with van der Waals surface area (Å²) >= 11 is 0. The van der Waals surface area contributed by atoms with Crippen molar-refractivity contribution in [3.8, 4) is 0 Å². The summed E-state index contributed by atoms with van der Waals surface area (Å²) in [6.45, 7) is 11.9. The Morgan fingerprint density at radius 2 is 1.88 bits per heavy atom. The average molecular weight is 367 g/mol. The van der Waals surface area contributed by atoms with Gasteiger partial charge in [0.05, 0.1) is 6.10 Å². The summed E-state index contributed by atoms with van der Waals surface area (Å²) < 4.78 is 11.1. The van der Waals surface area contributed by atoms with E-state index in [0.29, 0.717) is 11.5 Å². The Hall–Kier alpha value is -0.850. The first-order valence-electron chi connectivity index (χ1n) is 10.3. The molecular formula is C20H38N4O2. The fraction of sp³-hybridized carbons (Fsp3) is 0.950. The van der Waals surface area contributed by atoms with Crippen LogP contribution in [0.4, 0.5) is 0 Å². The molecule has 0 unspecified atom stereocenters. The maximum absolute atomic E-state index is 5.57. The Morgan fingerprint density at radius 1 is 1.19 bits per heavy atom. The number of aliphatic imine (C=N–C) groups is 1. The molecule has 0 atom stereocenters. The van der Waals surface area contributed by atoms with Crippen molar-refractivity contribution in [2.75, 3.05) is 60.1 Å². The van der Waals surface area contributed by atoms with Gasteiger partial charge in [-0.15, -0.1) is 0 Å². The molecule has 0 aromatic rings. The lowest BCUT2D eigenvalue weighted by molar-refractivity contribution is 0.00759. The molecule has 3 aliphatic rings. The topological polar surface area (TPSA) is 49.3 Å². The Bertz CT molecular complexity index is 480. The molecule has 3 saturated heterocycles. The second-order valence-electron chi connectivity index (χ2n) is 8.92. The minimum absolute atomic E-state index is 0.116. The zero-order chi connectivity index (χ0) is 18.6. The third-order valence-corrected chi connectivity index (χ3v) is 6.81. The molecule has 0 radical (unpaired) electrons. The SMILES string of the molecule is CN=C(NCC(C)(C)N1CCC(OC)CC1)N1CCC2(CCOCC2)C1. The lowest BCUT2D eigenvalue weighted by Crippen LogP contribution is -2.56. The zero-order valence-corrected chi connectivity index (χ0v) is 17.2. The van der Waals surface area contributed by atoms with Crippen molar-refractivity contribution in [2.45, 2.75) is 57.6 Å². The molecule has 1 N–H and O–H groups in total. The smallest absolute Gasteiger partial charge is 0.193 e. The van der Waals surface area contributed by atoms with Crippen molar-refractivity contribution in [1.82, 2.24) is 15.1 Å². The van der Waals surface area contributed by atoms with E-state index in [4.69, 9.17) is 9.47 Å². The van der Waals surface area contributed by atoms with Crippen LogP contribution in [-0.2, 0) is 9.47 Å². The summed E-state index contributed by atoms with van der Waals surface area (Å²) in [6.07, 6.45) is 6.35. The standard InChI is InChI=1S/C20H38N4O2/c1-19(2,24-10-5-17(25-4)6-11-24)15-22-18(21-3)23-12-7-20(16-23)8-13-26-14-9-20/h17H,5-16H2,1-4H3,(H,21,22). The number of rotatable bonds is 4. The van der Waals surface area contributed by atoms with Gasteiger partial charge in [0.25, 0.3) is 0 Å². The number of piperidine rings is 1. The molecule has 0 aliphatic carbocycles. The van der Waals surface area contributed by atoms with E-state index >= 15 is 0 Å². The Labute approximate surface area is 159 Å². The van der Waals surface area contributed by atoms with Crippen molar-refractivity contribution in [2.24, 2.45) is 10.4 Å². The molecule has 0 aromatic heterocycles. The van der Waals surface area contributed by atoms with Crippen LogP contribution in [0, 0.1) is 5.41 Å². The Morgan fingerprint density at radius 3 is 2.50 bits per heavy atom. The van der Waals surface area contributed by atoms with Crippen LogP contribution in [0.25, 0.3) is 0 Å². The van der Waals surface area contributed by atoms with Crippen LogP contribution in [0.5, 0.6) is 0 Å². The predicted octanol–water partition coefficient (Wildman–Crippen LogP) is 1.95. The number of methoxy groups -OCH3 is 1. The zero-order valence-electron chi connectivity index (χ0n) is 17.2. The summed E-state index contributed by atoms with van der Waals surface area (Å²) in [5.74, 6) is 1.06. The third kappa shape index (κ3) is 4.52. The first kappa shape index (κ1) is 19.9. The molecule has 6 nitrogen and oxygen atoms in total. The second-order valence-corrected chi connectivity index (χ2v) is 8.92. The van der Waals surface area contributed by atoms with E-state index in [-0.39, 0.29) is 5.54 Å². The van der Waals surface area contributed by atoms with Gasteiger partial charge in [0, 0.05) is 65.6 Å². The quantitative estimate of drug-likeness (QED) is 0.609. The van der Waals surface area contributed by atoms with Gasteiger partial charge in [-0.05, 0) is 51.4 Å². The van der Waals surface area contributed by atoms with Crippen molar-refractivity contribution in [3.05, 3.63) is 0 Å². The van der Waals surface area contributed by atoms with Crippen LogP contribution < -0.4 is 5.32 Å². The van der Waals surface area contributed by atoms with Crippen LogP contribution in [0.15, 0.2) is 4.99 Å². The highest BCUT2D eigenvalue weighted by molar-refractivity contribution is 5.80. The lowest BCUT2D eigenvalue weighted by atomic mass is 9.80. The molecule has 3 heterocycles. The summed E-state index contributed by atoms with van der Waals surface area (Å²) in [4.78, 5) is 9.63. The van der Waals surface area contributed by atoms with Gasteiger partial charge < -0.3 is 19.7 Å². The Kier molecular flexibility index (Phi) is 6.46. The minimum atomic E-state index is 0.116. The second kappa shape index (κ2) is 8.44. The minimum Gasteiger partial charge on any atom is -0.381 e. The highest BCUT2D eigenvalue weighted by Crippen LogP contribution is 2.39. The number of nitrogens with one attached hydrogen (secondary N) is 1. The van der Waals surface area contributed by atoms with Crippen LogP contribution in [-0.4, -0.2) is 87.5 Å². The van der Waals surface area contributed by atoms with Crippen molar-refractivity contribution >= 4 is 5.96 Å². The summed E-state index contributed by atoms with van der Waals surface area (Å²) in [7, 11) is 3.74. The number of guanidine groups is 1. The van der Waals surface area contributed by atoms with Crippen molar-refractivity contribution < 1.29 is 9.47 Å². The highest BCUT2D eigenvalue weighted by Gasteiger charge is 2.40. The van der Waals surface area contributed by atoms with Crippen LogP contribution in [0.2, 0.25) is 0 Å². The summed E-state index contributed by atoms with van der Waals surface area (Å²) in [6, 6.07) is 0. The van der Waals surface area contributed by atoms with E-state index < -0.39 is 0 Å². The maximum Gasteiger partial charge on any atom is 0.193 e. The monoisotopic (exact) mass is 366 g/mol. The molecule has 1 spiro atoms. The molecule has 0 saturated carbocycles. The van der Waals surface area contributed by atoms with Gasteiger partial charge in [0.15, 0.2) is 5.96 Å². The molecule has 3 aliphatic heterocycles. The van der Waals surface area contributed by atoms with E-state index in [2.05, 4.69) is 34.0 Å². The van der Waals surface area contributed by atoms with Gasteiger partial charge in [-0.3, -0.25) is 9.89 Å². The molecule has 3 rings (SSSR count). The van der Waals surface area contributed by atoms with E-state index in [9.17, 15) is 0 Å². The van der Waals surface area contributed by atoms with Crippen molar-refractivity contribution in [3.63, 3.8) is 0 Å². The number of nitrogens with zero attached hydrogens (tertiary/aromatic N) is 3. The first-order chi connectivity index (χ1) is 12.5. The predicted molar refractivity (Wildman–Crippen MR) is 106 cm³/mol. The van der Waals surface area contributed by atoms with Crippen LogP contribution in [0.1, 0.15) is 46.0 Å². The molecule has 6 heteroatoms. The number of hydrogen-bond donors (Lipinski definition) is 1. The summed E-state index contributed by atoms with van der Waals surface area (Å²) in [5.41, 5.74) is 0.568. The molecule has 0 aromatic carbocycles. The molecule has 26 heavy (non-hydrogen) atoms. The van der Waals surface area contributed by atoms with Crippen molar-refractivity contribution in [1.29, 1.82) is 0 Å². The fourth-order valence-electron chi connectivity index (χ4n) is 4.76. The summed E-state index contributed by atoms with van der Waals surface area (Å²) in [5, 5.41) is 3.67. The van der Waals surface area contributed by atoms with E-state index in [0.717, 1.165) is 64.7 Å². The van der Waals surface area contributed by atoms with Gasteiger partial charge in [-0.25, -0.2) is 0 Å². The molecule has 0 bridgehead atoms. The highest BCUT2D eigenvalue weighted by atomic mass is 16.5. The molecule has 3 fully saturated rings. The largest absolute Gasteiger partial charge is 0.381 e. The number of likely N-dealkylation sites (tertiary alicyclic amines) is 2. The maximum atomic E-state index is 5.57. The number of hydrogen-bond acceptors (Lipinski definition) is 4. The fourth-order valence-corrected chi connectivity index (χ4v) is 4.76. The first-order valence-corrected chi connectivity index (χ1v) is 10.3. The third-order valence-electron chi connectivity index (χ3n) is 6.81. The van der Waals surface area contributed by atoms with Crippen LogP contribution >= 0.6 is 0 Å². The Balaban J connectivity index is 1.51. The average Bonchev–Trinajstić information content (AvgIpc) is 3.06. The number of ether oxygens (including phenoxy) is 2. The lowest BCUT2D eigenvalue weighted by Gasteiger charge is -2.43. The van der Waals surface area contributed by atoms with Gasteiger partial charge >= 0.3 is 0 Å². The van der Waals surface area contributed by atoms with Gasteiger partial charge in [-0.1, -0.05) is 0 Å². The molecular weight excluding hydrogens is 328 g/mol. The normalized spacial score (nSPS) is 25.8. The van der Waals surface area contributed by atoms with E-state index in [1.54, 1.807) is 0 Å². The molecule has 0 amide bonds. The van der Waals surface area contributed by atoms with Gasteiger partial charge in [0.1, 0.15) is 0 Å².